The fraction of sp³-hybridized carbons (Fsp3) is 0.118. The molecule has 0 unspecified atom stereocenters. The summed E-state index contributed by atoms with van der Waals surface area (Å²) in [6.45, 7) is 3.70. The molecule has 0 saturated carbocycles. The second kappa shape index (κ2) is 6.49. The minimum Gasteiger partial charge on any atom is -0.421 e. The second-order valence-corrected chi connectivity index (χ2v) is 6.37. The first kappa shape index (κ1) is 15.7. The van der Waals surface area contributed by atoms with Crippen molar-refractivity contribution in [3.05, 3.63) is 63.1 Å². The second-order valence-electron chi connectivity index (χ2n) is 5.12. The van der Waals surface area contributed by atoms with E-state index < -0.39 is 0 Å². The molecule has 0 aliphatic rings. The quantitative estimate of drug-likeness (QED) is 0.646. The molecule has 1 heterocycles. The summed E-state index contributed by atoms with van der Waals surface area (Å²) in [4.78, 5) is 12.5. The van der Waals surface area contributed by atoms with Gasteiger partial charge in [0.25, 0.3) is 5.91 Å². The number of hydrogen-bond acceptors (Lipinski definition) is 4. The molecule has 3 aromatic rings. The zero-order valence-corrected chi connectivity index (χ0v) is 14.8. The molecule has 23 heavy (non-hydrogen) atoms. The highest BCUT2D eigenvalue weighted by atomic mass is 127. The van der Waals surface area contributed by atoms with Crippen molar-refractivity contribution in [1.29, 1.82) is 0 Å². The monoisotopic (exact) mass is 419 g/mol. The molecule has 0 radical (unpaired) electrons. The van der Waals surface area contributed by atoms with E-state index in [0.29, 0.717) is 17.3 Å². The summed E-state index contributed by atoms with van der Waals surface area (Å²) in [6.07, 6.45) is 0. The Kier molecular flexibility index (Phi) is 4.42. The van der Waals surface area contributed by atoms with Gasteiger partial charge in [-0.05, 0) is 71.5 Å². The number of nitrogens with zero attached hydrogens (tertiary/aromatic N) is 2. The van der Waals surface area contributed by atoms with E-state index in [1.165, 1.54) is 0 Å². The van der Waals surface area contributed by atoms with Crippen LogP contribution in [0.3, 0.4) is 0 Å². The summed E-state index contributed by atoms with van der Waals surface area (Å²) < 4.78 is 6.53. The van der Waals surface area contributed by atoms with E-state index in [1.54, 1.807) is 25.1 Å². The molecule has 0 fully saturated rings. The lowest BCUT2D eigenvalue weighted by Crippen LogP contribution is -2.12. The Morgan fingerprint density at radius 3 is 2.65 bits per heavy atom. The number of hydrogen-bond donors (Lipinski definition) is 1. The molecule has 0 aliphatic heterocycles. The van der Waals surface area contributed by atoms with E-state index >= 15 is 0 Å². The van der Waals surface area contributed by atoms with Gasteiger partial charge in [-0.15, -0.1) is 10.2 Å². The summed E-state index contributed by atoms with van der Waals surface area (Å²) in [7, 11) is 0. The lowest BCUT2D eigenvalue weighted by atomic mass is 10.1. The number of amides is 1. The Morgan fingerprint density at radius 2 is 1.96 bits per heavy atom. The van der Waals surface area contributed by atoms with Crippen LogP contribution < -0.4 is 5.32 Å². The maximum atomic E-state index is 12.5. The molecule has 3 rings (SSSR count). The average Bonchev–Trinajstić information content (AvgIpc) is 2.97. The summed E-state index contributed by atoms with van der Waals surface area (Å²) in [5.41, 5.74) is 3.08. The normalized spacial score (nSPS) is 10.6. The fourth-order valence-corrected chi connectivity index (χ4v) is 2.82. The van der Waals surface area contributed by atoms with Crippen LogP contribution in [0.4, 0.5) is 5.69 Å². The maximum Gasteiger partial charge on any atom is 0.255 e. The molecule has 116 valence electrons. The average molecular weight is 419 g/mol. The van der Waals surface area contributed by atoms with Crippen LogP contribution in [0.25, 0.3) is 11.5 Å². The van der Waals surface area contributed by atoms with Gasteiger partial charge in [0.2, 0.25) is 11.8 Å². The van der Waals surface area contributed by atoms with E-state index in [9.17, 15) is 4.79 Å². The predicted octanol–water partition coefficient (Wildman–Crippen LogP) is 4.21. The lowest BCUT2D eigenvalue weighted by molar-refractivity contribution is 0.102. The molecule has 1 N–H and O–H groups in total. The Balaban J connectivity index is 1.85. The van der Waals surface area contributed by atoms with Crippen LogP contribution in [-0.2, 0) is 0 Å². The SMILES string of the molecule is Cc1nnc(-c2cccc(C(=O)Nc3ccc(I)cc3C)c2)o1. The number of benzene rings is 2. The van der Waals surface area contributed by atoms with Gasteiger partial charge < -0.3 is 9.73 Å². The van der Waals surface area contributed by atoms with Gasteiger partial charge in [0.15, 0.2) is 0 Å². The van der Waals surface area contributed by atoms with Crippen molar-refractivity contribution < 1.29 is 9.21 Å². The molecule has 0 aliphatic carbocycles. The molecule has 0 atom stereocenters. The number of carbonyl (C=O) groups excluding carboxylic acids is 1. The summed E-state index contributed by atoms with van der Waals surface area (Å²) >= 11 is 2.24. The number of anilines is 1. The zero-order valence-electron chi connectivity index (χ0n) is 12.6. The number of nitrogens with one attached hydrogen (secondary N) is 1. The number of aromatic nitrogens is 2. The summed E-state index contributed by atoms with van der Waals surface area (Å²) in [6, 6.07) is 13.0. The Hall–Kier alpha value is -2.22. The summed E-state index contributed by atoms with van der Waals surface area (Å²) in [5.74, 6) is 0.722. The van der Waals surface area contributed by atoms with Gasteiger partial charge >= 0.3 is 0 Å². The van der Waals surface area contributed by atoms with Gasteiger partial charge in [-0.2, -0.15) is 0 Å². The van der Waals surface area contributed by atoms with Gasteiger partial charge in [-0.1, -0.05) is 6.07 Å². The first-order valence-electron chi connectivity index (χ1n) is 7.01. The molecule has 0 spiro atoms. The number of carbonyl (C=O) groups is 1. The molecule has 2 aromatic carbocycles. The predicted molar refractivity (Wildman–Crippen MR) is 96.3 cm³/mol. The topological polar surface area (TPSA) is 68.0 Å². The number of halogens is 1. The van der Waals surface area contributed by atoms with Crippen molar-refractivity contribution >= 4 is 34.2 Å². The van der Waals surface area contributed by atoms with Gasteiger partial charge in [-0.3, -0.25) is 4.79 Å². The van der Waals surface area contributed by atoms with Gasteiger partial charge in [0, 0.05) is 27.3 Å². The molecule has 0 bridgehead atoms. The molecule has 1 aromatic heterocycles. The van der Waals surface area contributed by atoms with E-state index in [-0.39, 0.29) is 5.91 Å². The van der Waals surface area contributed by atoms with Crippen molar-refractivity contribution in [3.63, 3.8) is 0 Å². The van der Waals surface area contributed by atoms with Crippen molar-refractivity contribution in [2.45, 2.75) is 13.8 Å². The molecular weight excluding hydrogens is 405 g/mol. The highest BCUT2D eigenvalue weighted by Crippen LogP contribution is 2.21. The fourth-order valence-electron chi connectivity index (χ4n) is 2.17. The molecular formula is C17H14IN3O2. The van der Waals surface area contributed by atoms with Crippen LogP contribution >= 0.6 is 22.6 Å². The van der Waals surface area contributed by atoms with E-state index in [1.807, 2.05) is 31.2 Å². The lowest BCUT2D eigenvalue weighted by Gasteiger charge is -2.09. The van der Waals surface area contributed by atoms with Gasteiger partial charge in [0.05, 0.1) is 0 Å². The van der Waals surface area contributed by atoms with Gasteiger partial charge in [0.1, 0.15) is 0 Å². The first-order chi connectivity index (χ1) is 11.0. The molecule has 0 saturated heterocycles. The minimum absolute atomic E-state index is 0.174. The summed E-state index contributed by atoms with van der Waals surface area (Å²) in [5, 5.41) is 10.7. The molecule has 5 nitrogen and oxygen atoms in total. The smallest absolute Gasteiger partial charge is 0.255 e. The zero-order chi connectivity index (χ0) is 16.4. The maximum absolute atomic E-state index is 12.5. The van der Waals surface area contributed by atoms with E-state index in [2.05, 4.69) is 38.1 Å². The number of aryl methyl sites for hydroxylation is 2. The molecule has 1 amide bonds. The van der Waals surface area contributed by atoms with Crippen LogP contribution in [0.15, 0.2) is 46.9 Å². The van der Waals surface area contributed by atoms with Gasteiger partial charge in [-0.25, -0.2) is 0 Å². The van der Waals surface area contributed by atoms with Crippen LogP contribution in [0.1, 0.15) is 21.8 Å². The third kappa shape index (κ3) is 3.58. The van der Waals surface area contributed by atoms with Crippen LogP contribution in [0.5, 0.6) is 0 Å². The Bertz CT molecular complexity index is 874. The van der Waals surface area contributed by atoms with Crippen molar-refractivity contribution in [1.82, 2.24) is 10.2 Å². The van der Waals surface area contributed by atoms with E-state index in [4.69, 9.17) is 4.42 Å². The van der Waals surface area contributed by atoms with Crippen LogP contribution in [-0.4, -0.2) is 16.1 Å². The van der Waals surface area contributed by atoms with Crippen molar-refractivity contribution in [3.8, 4) is 11.5 Å². The highest BCUT2D eigenvalue weighted by molar-refractivity contribution is 14.1. The first-order valence-corrected chi connectivity index (χ1v) is 8.09. The third-order valence-corrected chi connectivity index (χ3v) is 4.01. The van der Waals surface area contributed by atoms with Crippen LogP contribution in [0.2, 0.25) is 0 Å². The third-order valence-electron chi connectivity index (χ3n) is 3.33. The largest absolute Gasteiger partial charge is 0.421 e. The van der Waals surface area contributed by atoms with Crippen molar-refractivity contribution in [2.75, 3.05) is 5.32 Å². The van der Waals surface area contributed by atoms with Crippen LogP contribution in [0, 0.1) is 17.4 Å². The number of rotatable bonds is 3. The Labute approximate surface area is 147 Å². The van der Waals surface area contributed by atoms with E-state index in [0.717, 1.165) is 20.4 Å². The highest BCUT2D eigenvalue weighted by Gasteiger charge is 2.11. The van der Waals surface area contributed by atoms with Crippen molar-refractivity contribution in [2.24, 2.45) is 0 Å². The minimum atomic E-state index is -0.174. The Morgan fingerprint density at radius 1 is 1.13 bits per heavy atom. The standard InChI is InChI=1S/C17H14IN3O2/c1-10-8-14(18)6-7-15(10)19-16(22)12-4-3-5-13(9-12)17-21-20-11(2)23-17/h3-9H,1-2H3,(H,19,22). The molecule has 6 heteroatoms.